The van der Waals surface area contributed by atoms with E-state index in [0.717, 1.165) is 22.8 Å². The molecule has 0 radical (unpaired) electrons. The monoisotopic (exact) mass is 351 g/mol. The Morgan fingerprint density at radius 2 is 1.73 bits per heavy atom. The number of hydrogen-bond acceptors (Lipinski definition) is 4. The van der Waals surface area contributed by atoms with Gasteiger partial charge in [0, 0.05) is 18.4 Å². The molecular formula is C21H21NO4. The lowest BCUT2D eigenvalue weighted by Crippen LogP contribution is -2.12. The summed E-state index contributed by atoms with van der Waals surface area (Å²) < 4.78 is 16.2. The Bertz CT molecular complexity index is 868. The highest BCUT2D eigenvalue weighted by Gasteiger charge is 2.10. The molecule has 134 valence electrons. The molecule has 0 aliphatic heterocycles. The predicted molar refractivity (Wildman–Crippen MR) is 101 cm³/mol. The van der Waals surface area contributed by atoms with E-state index < -0.39 is 0 Å². The average Bonchev–Trinajstić information content (AvgIpc) is 3.16. The van der Waals surface area contributed by atoms with Gasteiger partial charge in [0.25, 0.3) is 0 Å². The number of rotatable bonds is 7. The van der Waals surface area contributed by atoms with Gasteiger partial charge in [-0.1, -0.05) is 12.1 Å². The fourth-order valence-corrected chi connectivity index (χ4v) is 2.62. The molecule has 0 fully saturated rings. The molecule has 5 heteroatoms. The molecule has 0 aliphatic rings. The molecule has 1 amide bonds. The van der Waals surface area contributed by atoms with Crippen molar-refractivity contribution in [2.75, 3.05) is 19.5 Å². The van der Waals surface area contributed by atoms with E-state index in [-0.39, 0.29) is 5.91 Å². The lowest BCUT2D eigenvalue weighted by molar-refractivity contribution is -0.116. The molecule has 0 unspecified atom stereocenters. The van der Waals surface area contributed by atoms with Crippen molar-refractivity contribution in [1.29, 1.82) is 0 Å². The number of nitrogens with one attached hydrogen (secondary N) is 1. The fourth-order valence-electron chi connectivity index (χ4n) is 2.62. The van der Waals surface area contributed by atoms with E-state index in [0.29, 0.717) is 24.3 Å². The van der Waals surface area contributed by atoms with Gasteiger partial charge < -0.3 is 19.2 Å². The summed E-state index contributed by atoms with van der Waals surface area (Å²) in [6.45, 7) is 0. The number of carbonyl (C=O) groups is 1. The van der Waals surface area contributed by atoms with E-state index in [1.807, 2.05) is 60.7 Å². The highest BCUT2D eigenvalue weighted by Crippen LogP contribution is 2.26. The first-order valence-electron chi connectivity index (χ1n) is 8.35. The van der Waals surface area contributed by atoms with Crippen LogP contribution in [0.2, 0.25) is 0 Å². The molecule has 3 rings (SSSR count). The number of para-hydroxylation sites is 2. The van der Waals surface area contributed by atoms with Crippen molar-refractivity contribution in [3.8, 4) is 22.8 Å². The second-order valence-corrected chi connectivity index (χ2v) is 5.74. The molecule has 26 heavy (non-hydrogen) atoms. The van der Waals surface area contributed by atoms with Crippen LogP contribution in [0.3, 0.4) is 0 Å². The van der Waals surface area contributed by atoms with Gasteiger partial charge in [0.1, 0.15) is 23.0 Å². The number of ether oxygens (including phenoxy) is 2. The quantitative estimate of drug-likeness (QED) is 0.679. The molecule has 1 heterocycles. The Kier molecular flexibility index (Phi) is 5.59. The Morgan fingerprint density at radius 3 is 2.46 bits per heavy atom. The maximum Gasteiger partial charge on any atom is 0.224 e. The number of furan rings is 1. The van der Waals surface area contributed by atoms with Gasteiger partial charge in [-0.2, -0.15) is 0 Å². The lowest BCUT2D eigenvalue weighted by atomic mass is 10.2. The van der Waals surface area contributed by atoms with Crippen LogP contribution >= 0.6 is 0 Å². The van der Waals surface area contributed by atoms with E-state index in [9.17, 15) is 4.79 Å². The maximum absolute atomic E-state index is 12.2. The molecule has 1 N–H and O–H groups in total. The van der Waals surface area contributed by atoms with Crippen LogP contribution < -0.4 is 14.8 Å². The summed E-state index contributed by atoms with van der Waals surface area (Å²) in [7, 11) is 3.21. The second-order valence-electron chi connectivity index (χ2n) is 5.74. The second kappa shape index (κ2) is 8.25. The van der Waals surface area contributed by atoms with Crippen LogP contribution in [0, 0.1) is 0 Å². The number of methoxy groups -OCH3 is 2. The van der Waals surface area contributed by atoms with Gasteiger partial charge in [-0.25, -0.2) is 0 Å². The molecule has 0 bridgehead atoms. The van der Waals surface area contributed by atoms with Crippen molar-refractivity contribution < 1.29 is 18.7 Å². The van der Waals surface area contributed by atoms with Gasteiger partial charge in [0.15, 0.2) is 0 Å². The molecule has 0 atom stereocenters. The van der Waals surface area contributed by atoms with Gasteiger partial charge in [0.2, 0.25) is 5.91 Å². The van der Waals surface area contributed by atoms with E-state index in [2.05, 4.69) is 5.32 Å². The molecule has 1 aromatic heterocycles. The van der Waals surface area contributed by atoms with E-state index in [1.54, 1.807) is 14.2 Å². The summed E-state index contributed by atoms with van der Waals surface area (Å²) >= 11 is 0. The maximum atomic E-state index is 12.2. The Balaban J connectivity index is 1.58. The number of benzene rings is 2. The minimum atomic E-state index is -0.0862. The number of amides is 1. The number of anilines is 1. The van der Waals surface area contributed by atoms with E-state index in [1.165, 1.54) is 0 Å². The largest absolute Gasteiger partial charge is 0.497 e. The highest BCUT2D eigenvalue weighted by molar-refractivity contribution is 5.92. The molecule has 0 saturated carbocycles. The molecule has 0 aliphatic carbocycles. The van der Waals surface area contributed by atoms with Crippen LogP contribution in [0.25, 0.3) is 11.3 Å². The minimum Gasteiger partial charge on any atom is -0.497 e. The summed E-state index contributed by atoms with van der Waals surface area (Å²) in [5.74, 6) is 2.89. The summed E-state index contributed by atoms with van der Waals surface area (Å²) in [5.41, 5.74) is 1.63. The third-order valence-corrected chi connectivity index (χ3v) is 4.02. The molecule has 3 aromatic rings. The number of carbonyl (C=O) groups excluding carboxylic acids is 1. The minimum absolute atomic E-state index is 0.0862. The van der Waals surface area contributed by atoms with Crippen LogP contribution in [0.5, 0.6) is 11.5 Å². The van der Waals surface area contributed by atoms with Crippen molar-refractivity contribution in [1.82, 2.24) is 0 Å². The van der Waals surface area contributed by atoms with Crippen molar-refractivity contribution in [2.45, 2.75) is 12.8 Å². The van der Waals surface area contributed by atoms with Crippen LogP contribution in [0.4, 0.5) is 5.69 Å². The predicted octanol–water partition coefficient (Wildman–Crippen LogP) is 4.54. The van der Waals surface area contributed by atoms with Crippen LogP contribution in [0.1, 0.15) is 12.2 Å². The first-order chi connectivity index (χ1) is 12.7. The zero-order chi connectivity index (χ0) is 18.4. The van der Waals surface area contributed by atoms with Gasteiger partial charge in [-0.05, 0) is 48.5 Å². The number of hydrogen-bond donors (Lipinski definition) is 1. The Morgan fingerprint density at radius 1 is 0.962 bits per heavy atom. The van der Waals surface area contributed by atoms with Crippen molar-refractivity contribution in [2.24, 2.45) is 0 Å². The van der Waals surface area contributed by atoms with Crippen LogP contribution in [0.15, 0.2) is 65.1 Å². The fraction of sp³-hybridized carbons (Fsp3) is 0.190. The zero-order valence-electron chi connectivity index (χ0n) is 14.8. The summed E-state index contributed by atoms with van der Waals surface area (Å²) in [6.07, 6.45) is 0.852. The van der Waals surface area contributed by atoms with Crippen LogP contribution in [-0.2, 0) is 11.2 Å². The number of aryl methyl sites for hydroxylation is 1. The zero-order valence-corrected chi connectivity index (χ0v) is 14.8. The van der Waals surface area contributed by atoms with E-state index >= 15 is 0 Å². The van der Waals surface area contributed by atoms with Gasteiger partial charge in [0.05, 0.1) is 19.9 Å². The molecule has 0 spiro atoms. The standard InChI is InChI=1S/C21H21NO4/c1-24-16-9-7-15(8-10-16)19-13-11-17(26-19)12-14-21(23)22-18-5-3-4-6-20(18)25-2/h3-11,13H,12,14H2,1-2H3,(H,22,23). The van der Waals surface area contributed by atoms with Gasteiger partial charge >= 0.3 is 0 Å². The topological polar surface area (TPSA) is 60.7 Å². The third-order valence-electron chi connectivity index (χ3n) is 4.02. The molecule has 5 nitrogen and oxygen atoms in total. The Hall–Kier alpha value is -3.21. The highest BCUT2D eigenvalue weighted by atomic mass is 16.5. The molecular weight excluding hydrogens is 330 g/mol. The lowest BCUT2D eigenvalue weighted by Gasteiger charge is -2.09. The summed E-state index contributed by atoms with van der Waals surface area (Å²) in [5, 5.41) is 2.86. The normalized spacial score (nSPS) is 10.4. The smallest absolute Gasteiger partial charge is 0.224 e. The summed E-state index contributed by atoms with van der Waals surface area (Å²) in [4.78, 5) is 12.2. The molecule has 2 aromatic carbocycles. The van der Waals surface area contributed by atoms with Crippen LogP contribution in [-0.4, -0.2) is 20.1 Å². The summed E-state index contributed by atoms with van der Waals surface area (Å²) in [6, 6.07) is 18.8. The molecule has 0 saturated heterocycles. The van der Waals surface area contributed by atoms with Crippen molar-refractivity contribution in [3.63, 3.8) is 0 Å². The first-order valence-corrected chi connectivity index (χ1v) is 8.35. The SMILES string of the molecule is COc1ccc(-c2ccc(CCC(=O)Nc3ccccc3OC)o2)cc1. The van der Waals surface area contributed by atoms with Gasteiger partial charge in [-0.3, -0.25) is 4.79 Å². The third kappa shape index (κ3) is 4.25. The first kappa shape index (κ1) is 17.6. The van der Waals surface area contributed by atoms with Crippen molar-refractivity contribution in [3.05, 3.63) is 66.4 Å². The van der Waals surface area contributed by atoms with Crippen molar-refractivity contribution >= 4 is 11.6 Å². The van der Waals surface area contributed by atoms with Gasteiger partial charge in [-0.15, -0.1) is 0 Å². The average molecular weight is 351 g/mol. The van der Waals surface area contributed by atoms with E-state index in [4.69, 9.17) is 13.9 Å². The Labute approximate surface area is 152 Å².